The summed E-state index contributed by atoms with van der Waals surface area (Å²) in [4.78, 5) is 28.8. The number of thioether (sulfide) groups is 1. The lowest BCUT2D eigenvalue weighted by Crippen LogP contribution is -2.33. The van der Waals surface area contributed by atoms with E-state index >= 15 is 0 Å². The van der Waals surface area contributed by atoms with Gasteiger partial charge < -0.3 is 10.3 Å². The number of urea groups is 1. The van der Waals surface area contributed by atoms with Gasteiger partial charge in [0.25, 0.3) is 5.91 Å². The van der Waals surface area contributed by atoms with Crippen LogP contribution in [-0.4, -0.2) is 46.4 Å². The summed E-state index contributed by atoms with van der Waals surface area (Å²) in [6, 6.07) is 7.42. The predicted molar refractivity (Wildman–Crippen MR) is 89.0 cm³/mol. The number of fused-ring (bicyclic) bond motifs is 1. The molecule has 3 rings (SSSR count). The molecule has 2 heterocycles. The Balaban J connectivity index is 1.66. The number of H-pyrrole nitrogens is 1. The maximum atomic E-state index is 12.3. The zero-order valence-corrected chi connectivity index (χ0v) is 13.3. The average Bonchev–Trinajstić information content (AvgIpc) is 3.05. The Labute approximate surface area is 133 Å². The number of hydrogen-bond donors (Lipinski definition) is 2. The third-order valence-electron chi connectivity index (χ3n) is 4.00. The van der Waals surface area contributed by atoms with E-state index in [0.29, 0.717) is 19.4 Å². The Morgan fingerprint density at radius 2 is 2.09 bits per heavy atom. The van der Waals surface area contributed by atoms with Crippen LogP contribution < -0.4 is 5.32 Å². The fourth-order valence-electron chi connectivity index (χ4n) is 2.79. The van der Waals surface area contributed by atoms with Gasteiger partial charge in [0.1, 0.15) is 6.04 Å². The van der Waals surface area contributed by atoms with E-state index in [1.54, 1.807) is 11.8 Å². The summed E-state index contributed by atoms with van der Waals surface area (Å²) in [5.41, 5.74) is 2.20. The first-order valence-corrected chi connectivity index (χ1v) is 8.76. The second-order valence-electron chi connectivity index (χ2n) is 5.38. The van der Waals surface area contributed by atoms with E-state index in [1.807, 2.05) is 36.7 Å². The van der Waals surface area contributed by atoms with Crippen molar-refractivity contribution in [3.05, 3.63) is 36.0 Å². The largest absolute Gasteiger partial charge is 0.361 e. The van der Waals surface area contributed by atoms with E-state index < -0.39 is 0 Å². The summed E-state index contributed by atoms with van der Waals surface area (Å²) in [5.74, 6) is 0.770. The summed E-state index contributed by atoms with van der Waals surface area (Å²) in [6.07, 6.45) is 5.30. The zero-order chi connectivity index (χ0) is 15.5. The number of para-hydroxylation sites is 1. The Morgan fingerprint density at radius 3 is 2.91 bits per heavy atom. The maximum Gasteiger partial charge on any atom is 0.324 e. The van der Waals surface area contributed by atoms with Crippen LogP contribution in [0.4, 0.5) is 4.79 Å². The molecule has 1 fully saturated rings. The SMILES string of the molecule is CSCC[C@@H]1NC(=O)N(CCc2c[nH]c3ccccc23)C1=O. The average molecular weight is 317 g/mol. The highest BCUT2D eigenvalue weighted by atomic mass is 32.2. The highest BCUT2D eigenvalue weighted by Crippen LogP contribution is 2.19. The second kappa shape index (κ2) is 6.44. The van der Waals surface area contributed by atoms with Gasteiger partial charge in [-0.3, -0.25) is 9.69 Å². The number of hydrogen-bond acceptors (Lipinski definition) is 3. The molecule has 0 aliphatic carbocycles. The Hall–Kier alpha value is -1.95. The molecular weight excluding hydrogens is 298 g/mol. The predicted octanol–water partition coefficient (Wildman–Crippen LogP) is 2.38. The molecule has 6 heteroatoms. The number of rotatable bonds is 6. The first-order chi connectivity index (χ1) is 10.7. The lowest BCUT2D eigenvalue weighted by Gasteiger charge is -2.12. The molecule has 2 N–H and O–H groups in total. The van der Waals surface area contributed by atoms with Crippen molar-refractivity contribution in [2.45, 2.75) is 18.9 Å². The number of aromatic amines is 1. The van der Waals surface area contributed by atoms with Crippen molar-refractivity contribution in [1.82, 2.24) is 15.2 Å². The minimum Gasteiger partial charge on any atom is -0.361 e. The molecule has 1 atom stereocenters. The number of nitrogens with zero attached hydrogens (tertiary/aromatic N) is 1. The maximum absolute atomic E-state index is 12.3. The molecule has 116 valence electrons. The number of imide groups is 1. The number of aromatic nitrogens is 1. The number of amides is 3. The molecule has 0 spiro atoms. The fourth-order valence-corrected chi connectivity index (χ4v) is 3.26. The van der Waals surface area contributed by atoms with Gasteiger partial charge >= 0.3 is 6.03 Å². The van der Waals surface area contributed by atoms with Crippen molar-refractivity contribution in [1.29, 1.82) is 0 Å². The van der Waals surface area contributed by atoms with Gasteiger partial charge in [-0.05, 0) is 36.5 Å². The number of carbonyl (C=O) groups excluding carboxylic acids is 2. The molecule has 0 saturated carbocycles. The molecule has 1 aromatic heterocycles. The van der Waals surface area contributed by atoms with Gasteiger partial charge in [-0.15, -0.1) is 0 Å². The van der Waals surface area contributed by atoms with Crippen LogP contribution in [0.15, 0.2) is 30.5 Å². The topological polar surface area (TPSA) is 65.2 Å². The number of benzene rings is 1. The van der Waals surface area contributed by atoms with E-state index in [0.717, 1.165) is 22.2 Å². The lowest BCUT2D eigenvalue weighted by molar-refractivity contribution is -0.127. The molecule has 2 aromatic rings. The molecular formula is C16H19N3O2S. The number of nitrogens with one attached hydrogen (secondary N) is 2. The van der Waals surface area contributed by atoms with Crippen molar-refractivity contribution in [3.63, 3.8) is 0 Å². The monoisotopic (exact) mass is 317 g/mol. The lowest BCUT2D eigenvalue weighted by atomic mass is 10.1. The molecule has 22 heavy (non-hydrogen) atoms. The van der Waals surface area contributed by atoms with E-state index in [9.17, 15) is 9.59 Å². The molecule has 1 aliphatic rings. The van der Waals surface area contributed by atoms with Crippen LogP contribution in [0.1, 0.15) is 12.0 Å². The van der Waals surface area contributed by atoms with Crippen LogP contribution in [0.5, 0.6) is 0 Å². The van der Waals surface area contributed by atoms with Crippen LogP contribution in [0.25, 0.3) is 10.9 Å². The van der Waals surface area contributed by atoms with Gasteiger partial charge in [0.05, 0.1) is 0 Å². The fraction of sp³-hybridized carbons (Fsp3) is 0.375. The quantitative estimate of drug-likeness (QED) is 0.804. The van der Waals surface area contributed by atoms with Crippen molar-refractivity contribution < 1.29 is 9.59 Å². The summed E-state index contributed by atoms with van der Waals surface area (Å²) in [6.45, 7) is 0.419. The van der Waals surface area contributed by atoms with Crippen molar-refractivity contribution >= 4 is 34.6 Å². The van der Waals surface area contributed by atoms with Gasteiger partial charge in [-0.2, -0.15) is 11.8 Å². The van der Waals surface area contributed by atoms with E-state index in [2.05, 4.69) is 10.3 Å². The Kier molecular flexibility index (Phi) is 4.38. The summed E-state index contributed by atoms with van der Waals surface area (Å²) in [5, 5.41) is 3.92. The highest BCUT2D eigenvalue weighted by molar-refractivity contribution is 7.98. The van der Waals surface area contributed by atoms with Gasteiger partial charge in [-0.1, -0.05) is 18.2 Å². The molecule has 1 saturated heterocycles. The first-order valence-electron chi connectivity index (χ1n) is 7.36. The number of carbonyl (C=O) groups is 2. The Bertz CT molecular complexity index is 698. The van der Waals surface area contributed by atoms with Gasteiger partial charge in [0.2, 0.25) is 0 Å². The molecule has 1 aliphatic heterocycles. The van der Waals surface area contributed by atoms with Crippen molar-refractivity contribution in [2.75, 3.05) is 18.6 Å². The molecule has 0 radical (unpaired) electrons. The molecule has 1 aromatic carbocycles. The standard InChI is InChI=1S/C16H19N3O2S/c1-22-9-7-14-15(20)19(16(21)18-14)8-6-11-10-17-13-5-3-2-4-12(11)13/h2-5,10,14,17H,6-9H2,1H3,(H,18,21)/t14-/m0/s1. The van der Waals surface area contributed by atoms with Crippen molar-refractivity contribution in [2.24, 2.45) is 0 Å². The van der Waals surface area contributed by atoms with E-state index in [1.165, 1.54) is 4.90 Å². The zero-order valence-electron chi connectivity index (χ0n) is 12.5. The summed E-state index contributed by atoms with van der Waals surface area (Å²) < 4.78 is 0. The minimum absolute atomic E-state index is 0.0982. The third kappa shape index (κ3) is 2.83. The summed E-state index contributed by atoms with van der Waals surface area (Å²) >= 11 is 1.68. The molecule has 3 amide bonds. The second-order valence-corrected chi connectivity index (χ2v) is 6.37. The molecule has 0 bridgehead atoms. The van der Waals surface area contributed by atoms with Crippen LogP contribution in [0.2, 0.25) is 0 Å². The van der Waals surface area contributed by atoms with E-state index in [4.69, 9.17) is 0 Å². The Morgan fingerprint density at radius 1 is 1.27 bits per heavy atom. The molecule has 0 unspecified atom stereocenters. The minimum atomic E-state index is -0.358. The van der Waals surface area contributed by atoms with Crippen molar-refractivity contribution in [3.8, 4) is 0 Å². The van der Waals surface area contributed by atoms with E-state index in [-0.39, 0.29) is 18.0 Å². The van der Waals surface area contributed by atoms with Crippen LogP contribution in [-0.2, 0) is 11.2 Å². The smallest absolute Gasteiger partial charge is 0.324 e. The highest BCUT2D eigenvalue weighted by Gasteiger charge is 2.37. The summed E-state index contributed by atoms with van der Waals surface area (Å²) in [7, 11) is 0. The third-order valence-corrected chi connectivity index (χ3v) is 4.64. The normalized spacial score (nSPS) is 18.2. The van der Waals surface area contributed by atoms with Crippen LogP contribution in [0, 0.1) is 0 Å². The van der Waals surface area contributed by atoms with Crippen LogP contribution >= 0.6 is 11.8 Å². The van der Waals surface area contributed by atoms with Gasteiger partial charge in [0.15, 0.2) is 0 Å². The van der Waals surface area contributed by atoms with Crippen LogP contribution in [0.3, 0.4) is 0 Å². The van der Waals surface area contributed by atoms with Gasteiger partial charge in [0, 0.05) is 23.6 Å². The molecule has 5 nitrogen and oxygen atoms in total. The first kappa shape index (κ1) is 15.0. The van der Waals surface area contributed by atoms with Gasteiger partial charge in [-0.25, -0.2) is 4.79 Å².